The van der Waals surface area contributed by atoms with Crippen molar-refractivity contribution in [3.8, 4) is 0 Å². The number of halogens is 4. The fraction of sp³-hybridized carbons (Fsp3) is 0.333. The van der Waals surface area contributed by atoms with Crippen molar-refractivity contribution in [1.82, 2.24) is 4.90 Å². The maximum atomic E-state index is 12.9. The second-order valence-corrected chi connectivity index (χ2v) is 4.26. The maximum Gasteiger partial charge on any atom is 0.416 e. The summed E-state index contributed by atoms with van der Waals surface area (Å²) in [7, 11) is 0. The summed E-state index contributed by atoms with van der Waals surface area (Å²) in [5.74, 6) is -1.84. The normalized spacial score (nSPS) is 16.3. The van der Waals surface area contributed by atoms with E-state index in [-0.39, 0.29) is 30.9 Å². The molecule has 1 saturated heterocycles. The molecule has 0 saturated carbocycles. The van der Waals surface area contributed by atoms with Gasteiger partial charge in [-0.05, 0) is 17.7 Å². The number of hydrogen-bond donors (Lipinski definition) is 0. The number of likely N-dealkylation sites (tertiary alicyclic amines) is 1. The Labute approximate surface area is 105 Å². The fourth-order valence-corrected chi connectivity index (χ4v) is 1.94. The van der Waals surface area contributed by atoms with Gasteiger partial charge in [-0.25, -0.2) is 4.39 Å². The average molecular weight is 275 g/mol. The Morgan fingerprint density at radius 1 is 1.21 bits per heavy atom. The van der Waals surface area contributed by atoms with Gasteiger partial charge in [0.15, 0.2) is 5.78 Å². The Balaban J connectivity index is 2.30. The van der Waals surface area contributed by atoms with Gasteiger partial charge >= 0.3 is 6.18 Å². The summed E-state index contributed by atoms with van der Waals surface area (Å²) in [6, 6.07) is 2.26. The van der Waals surface area contributed by atoms with Gasteiger partial charge in [-0.1, -0.05) is 6.07 Å². The van der Waals surface area contributed by atoms with E-state index in [0.29, 0.717) is 6.07 Å². The third kappa shape index (κ3) is 2.91. The minimum Gasteiger partial charge on any atom is -0.331 e. The summed E-state index contributed by atoms with van der Waals surface area (Å²) < 4.78 is 51.1. The summed E-state index contributed by atoms with van der Waals surface area (Å²) in [5, 5.41) is 0. The summed E-state index contributed by atoms with van der Waals surface area (Å²) in [6.07, 6.45) is -4.99. The molecule has 0 unspecified atom stereocenters. The standard InChI is InChI=1S/C12H9F4NO2/c13-8-2-1-7(10(3-8)12(14,15)16)5-17-6-9(18)4-11(17)19/h1-3H,4-6H2. The predicted molar refractivity (Wildman–Crippen MR) is 56.4 cm³/mol. The lowest BCUT2D eigenvalue weighted by atomic mass is 10.1. The predicted octanol–water partition coefficient (Wildman–Crippen LogP) is 2.15. The molecule has 0 aromatic heterocycles. The molecule has 0 spiro atoms. The average Bonchev–Trinajstić information content (AvgIpc) is 2.58. The third-order valence-electron chi connectivity index (χ3n) is 2.81. The molecule has 7 heteroatoms. The number of benzene rings is 1. The smallest absolute Gasteiger partial charge is 0.331 e. The van der Waals surface area contributed by atoms with E-state index in [1.165, 1.54) is 0 Å². The van der Waals surface area contributed by atoms with Crippen molar-refractivity contribution in [2.45, 2.75) is 19.1 Å². The summed E-state index contributed by atoms with van der Waals surface area (Å²) in [4.78, 5) is 23.4. The van der Waals surface area contributed by atoms with Crippen molar-refractivity contribution in [2.24, 2.45) is 0 Å². The zero-order valence-corrected chi connectivity index (χ0v) is 9.63. The molecule has 3 nitrogen and oxygen atoms in total. The molecular weight excluding hydrogens is 266 g/mol. The van der Waals surface area contributed by atoms with E-state index in [9.17, 15) is 27.2 Å². The summed E-state index contributed by atoms with van der Waals surface area (Å²) >= 11 is 0. The molecule has 1 fully saturated rings. The van der Waals surface area contributed by atoms with E-state index in [1.807, 2.05) is 0 Å². The molecular formula is C12H9F4NO2. The fourth-order valence-electron chi connectivity index (χ4n) is 1.94. The lowest BCUT2D eigenvalue weighted by Crippen LogP contribution is -2.26. The number of nitrogens with zero attached hydrogens (tertiary/aromatic N) is 1. The second-order valence-electron chi connectivity index (χ2n) is 4.26. The van der Waals surface area contributed by atoms with Gasteiger partial charge in [0.05, 0.1) is 18.5 Å². The minimum atomic E-state index is -4.70. The maximum absolute atomic E-state index is 12.9. The second kappa shape index (κ2) is 4.64. The zero-order chi connectivity index (χ0) is 14.2. The van der Waals surface area contributed by atoms with Crippen LogP contribution in [0.3, 0.4) is 0 Å². The van der Waals surface area contributed by atoms with E-state index in [2.05, 4.69) is 0 Å². The van der Waals surface area contributed by atoms with Gasteiger partial charge in [0, 0.05) is 6.54 Å². The molecule has 0 radical (unpaired) electrons. The topological polar surface area (TPSA) is 37.4 Å². The molecule has 0 bridgehead atoms. The lowest BCUT2D eigenvalue weighted by molar-refractivity contribution is -0.139. The molecule has 1 heterocycles. The molecule has 1 aliphatic rings. The van der Waals surface area contributed by atoms with Gasteiger partial charge in [0.1, 0.15) is 5.82 Å². The van der Waals surface area contributed by atoms with Crippen LogP contribution in [0.5, 0.6) is 0 Å². The highest BCUT2D eigenvalue weighted by molar-refractivity contribution is 6.05. The monoisotopic (exact) mass is 275 g/mol. The largest absolute Gasteiger partial charge is 0.416 e. The highest BCUT2D eigenvalue weighted by Gasteiger charge is 2.35. The summed E-state index contributed by atoms with van der Waals surface area (Å²) in [5.41, 5.74) is -1.35. The van der Waals surface area contributed by atoms with Crippen molar-refractivity contribution in [1.29, 1.82) is 0 Å². The number of hydrogen-bond acceptors (Lipinski definition) is 2. The number of carbonyl (C=O) groups excluding carboxylic acids is 2. The van der Waals surface area contributed by atoms with Gasteiger partial charge in [-0.15, -0.1) is 0 Å². The molecule has 1 aliphatic heterocycles. The Bertz CT molecular complexity index is 539. The van der Waals surface area contributed by atoms with Crippen molar-refractivity contribution in [3.05, 3.63) is 35.1 Å². The Hall–Kier alpha value is -1.92. The quantitative estimate of drug-likeness (QED) is 0.612. The first-order chi connectivity index (χ1) is 8.77. The molecule has 0 N–H and O–H groups in total. The van der Waals surface area contributed by atoms with Crippen LogP contribution < -0.4 is 0 Å². The van der Waals surface area contributed by atoms with Gasteiger partial charge in [0.25, 0.3) is 0 Å². The zero-order valence-electron chi connectivity index (χ0n) is 9.63. The third-order valence-corrected chi connectivity index (χ3v) is 2.81. The Morgan fingerprint density at radius 3 is 2.42 bits per heavy atom. The summed E-state index contributed by atoms with van der Waals surface area (Å²) in [6.45, 7) is -0.548. The number of rotatable bonds is 2. The van der Waals surface area contributed by atoms with Crippen LogP contribution in [-0.2, 0) is 22.3 Å². The first-order valence-corrected chi connectivity index (χ1v) is 5.42. The van der Waals surface area contributed by atoms with E-state index in [0.717, 1.165) is 17.0 Å². The number of ketones is 1. The van der Waals surface area contributed by atoms with Gasteiger partial charge in [-0.2, -0.15) is 13.2 Å². The van der Waals surface area contributed by atoms with Crippen LogP contribution in [0, 0.1) is 5.82 Å². The first-order valence-electron chi connectivity index (χ1n) is 5.42. The van der Waals surface area contributed by atoms with Crippen molar-refractivity contribution in [2.75, 3.05) is 6.54 Å². The van der Waals surface area contributed by atoms with Crippen molar-refractivity contribution >= 4 is 11.7 Å². The minimum absolute atomic E-state index is 0.201. The number of Topliss-reactive ketones (excluding diaryl/α,β-unsaturated/α-hetero) is 1. The highest BCUT2D eigenvalue weighted by atomic mass is 19.4. The van der Waals surface area contributed by atoms with Crippen molar-refractivity contribution < 1.29 is 27.2 Å². The van der Waals surface area contributed by atoms with Crippen LogP contribution in [0.1, 0.15) is 17.5 Å². The number of carbonyl (C=O) groups is 2. The van der Waals surface area contributed by atoms with Crippen LogP contribution in [0.15, 0.2) is 18.2 Å². The highest BCUT2D eigenvalue weighted by Crippen LogP contribution is 2.33. The van der Waals surface area contributed by atoms with Crippen LogP contribution in [0.2, 0.25) is 0 Å². The molecule has 1 aromatic rings. The van der Waals surface area contributed by atoms with E-state index >= 15 is 0 Å². The van der Waals surface area contributed by atoms with Crippen LogP contribution in [-0.4, -0.2) is 23.1 Å². The SMILES string of the molecule is O=C1CC(=O)N(Cc2ccc(F)cc2C(F)(F)F)C1. The number of amides is 1. The molecule has 1 aromatic carbocycles. The molecule has 0 aliphatic carbocycles. The van der Waals surface area contributed by atoms with Gasteiger partial charge in [0.2, 0.25) is 5.91 Å². The lowest BCUT2D eigenvalue weighted by Gasteiger charge is -2.18. The Kier molecular flexibility index (Phi) is 3.30. The van der Waals surface area contributed by atoms with Crippen LogP contribution in [0.25, 0.3) is 0 Å². The van der Waals surface area contributed by atoms with Gasteiger partial charge in [-0.3, -0.25) is 9.59 Å². The van der Waals surface area contributed by atoms with E-state index in [4.69, 9.17) is 0 Å². The van der Waals surface area contributed by atoms with E-state index < -0.39 is 23.5 Å². The van der Waals surface area contributed by atoms with Crippen LogP contribution >= 0.6 is 0 Å². The molecule has 2 rings (SSSR count). The Morgan fingerprint density at radius 2 is 1.89 bits per heavy atom. The van der Waals surface area contributed by atoms with Crippen molar-refractivity contribution in [3.63, 3.8) is 0 Å². The molecule has 0 atom stereocenters. The van der Waals surface area contributed by atoms with E-state index in [1.54, 1.807) is 0 Å². The van der Waals surface area contributed by atoms with Crippen LogP contribution in [0.4, 0.5) is 17.6 Å². The molecule has 102 valence electrons. The molecule has 1 amide bonds. The first kappa shape index (κ1) is 13.5. The molecule has 19 heavy (non-hydrogen) atoms. The van der Waals surface area contributed by atoms with Gasteiger partial charge < -0.3 is 4.90 Å². The number of alkyl halides is 3.